The zero-order chi connectivity index (χ0) is 14.8. The summed E-state index contributed by atoms with van der Waals surface area (Å²) in [4.78, 5) is 11.9. The Morgan fingerprint density at radius 3 is 2.25 bits per heavy atom. The lowest BCUT2D eigenvalue weighted by Gasteiger charge is -2.09. The smallest absolute Gasteiger partial charge is 0.322 e. The summed E-state index contributed by atoms with van der Waals surface area (Å²) in [5, 5.41) is 2.54. The second-order valence-electron chi connectivity index (χ2n) is 4.04. The van der Waals surface area contributed by atoms with Crippen molar-refractivity contribution in [3.05, 3.63) is 64.1 Å². The first-order valence-corrected chi connectivity index (χ1v) is 6.40. The quantitative estimate of drug-likeness (QED) is 0.839. The summed E-state index contributed by atoms with van der Waals surface area (Å²) in [6.07, 6.45) is -4.38. The SMILES string of the molecule is O=C(Nc1ccc(C(F)(F)F)cc1)c1cccc(Br)c1. The first-order chi connectivity index (χ1) is 9.36. The van der Waals surface area contributed by atoms with Crippen molar-refractivity contribution in [3.63, 3.8) is 0 Å². The fraction of sp³-hybridized carbons (Fsp3) is 0.0714. The predicted octanol–water partition coefficient (Wildman–Crippen LogP) is 4.72. The first-order valence-electron chi connectivity index (χ1n) is 5.60. The largest absolute Gasteiger partial charge is 0.416 e. The van der Waals surface area contributed by atoms with Gasteiger partial charge in [-0.05, 0) is 42.5 Å². The highest BCUT2D eigenvalue weighted by atomic mass is 79.9. The van der Waals surface area contributed by atoms with Gasteiger partial charge in [-0.3, -0.25) is 4.79 Å². The molecule has 0 aromatic heterocycles. The molecule has 20 heavy (non-hydrogen) atoms. The summed E-state index contributed by atoms with van der Waals surface area (Å²) in [6.45, 7) is 0. The highest BCUT2D eigenvalue weighted by Gasteiger charge is 2.29. The molecule has 0 fully saturated rings. The van der Waals surface area contributed by atoms with Crippen LogP contribution in [-0.2, 0) is 6.18 Å². The fourth-order valence-electron chi connectivity index (χ4n) is 1.58. The molecular formula is C14H9BrF3NO. The van der Waals surface area contributed by atoms with Crippen molar-refractivity contribution in [1.82, 2.24) is 0 Å². The van der Waals surface area contributed by atoms with Crippen LogP contribution in [0.15, 0.2) is 53.0 Å². The predicted molar refractivity (Wildman–Crippen MR) is 73.5 cm³/mol. The van der Waals surface area contributed by atoms with Gasteiger partial charge in [0.1, 0.15) is 0 Å². The molecule has 0 unspecified atom stereocenters. The highest BCUT2D eigenvalue weighted by molar-refractivity contribution is 9.10. The van der Waals surface area contributed by atoms with Gasteiger partial charge in [-0.2, -0.15) is 13.2 Å². The van der Waals surface area contributed by atoms with Gasteiger partial charge < -0.3 is 5.32 Å². The van der Waals surface area contributed by atoms with Crippen molar-refractivity contribution in [2.45, 2.75) is 6.18 Å². The van der Waals surface area contributed by atoms with E-state index in [1.807, 2.05) is 0 Å². The second-order valence-corrected chi connectivity index (χ2v) is 4.96. The minimum Gasteiger partial charge on any atom is -0.322 e. The zero-order valence-electron chi connectivity index (χ0n) is 10.0. The molecule has 0 spiro atoms. The number of amides is 1. The molecule has 0 radical (unpaired) electrons. The van der Waals surface area contributed by atoms with E-state index >= 15 is 0 Å². The van der Waals surface area contributed by atoms with Gasteiger partial charge in [-0.1, -0.05) is 22.0 Å². The van der Waals surface area contributed by atoms with Gasteiger partial charge in [-0.15, -0.1) is 0 Å². The maximum absolute atomic E-state index is 12.4. The van der Waals surface area contributed by atoms with Crippen LogP contribution >= 0.6 is 15.9 Å². The molecule has 0 aliphatic rings. The monoisotopic (exact) mass is 343 g/mol. The van der Waals surface area contributed by atoms with E-state index < -0.39 is 11.7 Å². The molecule has 0 aliphatic carbocycles. The molecule has 0 atom stereocenters. The number of nitrogens with one attached hydrogen (secondary N) is 1. The molecule has 104 valence electrons. The molecule has 6 heteroatoms. The molecule has 0 saturated carbocycles. The molecule has 0 bridgehead atoms. The Hall–Kier alpha value is -1.82. The summed E-state index contributed by atoms with van der Waals surface area (Å²) in [7, 11) is 0. The maximum Gasteiger partial charge on any atom is 0.416 e. The number of hydrogen-bond acceptors (Lipinski definition) is 1. The summed E-state index contributed by atoms with van der Waals surface area (Å²) in [5.41, 5.74) is -0.0276. The Morgan fingerprint density at radius 1 is 1.05 bits per heavy atom. The minimum absolute atomic E-state index is 0.308. The Morgan fingerprint density at radius 2 is 1.70 bits per heavy atom. The molecule has 2 aromatic rings. The molecule has 2 aromatic carbocycles. The van der Waals surface area contributed by atoms with Crippen LogP contribution in [0.4, 0.5) is 18.9 Å². The van der Waals surface area contributed by atoms with Crippen molar-refractivity contribution < 1.29 is 18.0 Å². The van der Waals surface area contributed by atoms with Gasteiger partial charge in [0, 0.05) is 15.7 Å². The average molecular weight is 344 g/mol. The lowest BCUT2D eigenvalue weighted by Crippen LogP contribution is -2.12. The van der Waals surface area contributed by atoms with E-state index in [2.05, 4.69) is 21.2 Å². The molecule has 1 N–H and O–H groups in total. The van der Waals surface area contributed by atoms with E-state index in [1.165, 1.54) is 12.1 Å². The van der Waals surface area contributed by atoms with Crippen LogP contribution in [0.3, 0.4) is 0 Å². The number of rotatable bonds is 2. The van der Waals surface area contributed by atoms with Gasteiger partial charge in [0.05, 0.1) is 5.56 Å². The maximum atomic E-state index is 12.4. The Balaban J connectivity index is 2.12. The normalized spacial score (nSPS) is 11.2. The summed E-state index contributed by atoms with van der Waals surface area (Å²) >= 11 is 3.24. The van der Waals surface area contributed by atoms with Gasteiger partial charge in [0.25, 0.3) is 5.91 Å². The topological polar surface area (TPSA) is 29.1 Å². The molecule has 0 saturated heterocycles. The van der Waals surface area contributed by atoms with Crippen LogP contribution in [-0.4, -0.2) is 5.91 Å². The highest BCUT2D eigenvalue weighted by Crippen LogP contribution is 2.29. The van der Waals surface area contributed by atoms with Crippen molar-refractivity contribution in [2.75, 3.05) is 5.32 Å². The van der Waals surface area contributed by atoms with E-state index in [0.717, 1.165) is 16.6 Å². The number of carbonyl (C=O) groups excluding carboxylic acids is 1. The van der Waals surface area contributed by atoms with Crippen molar-refractivity contribution in [3.8, 4) is 0 Å². The van der Waals surface area contributed by atoms with Crippen LogP contribution < -0.4 is 5.32 Å². The third-order valence-electron chi connectivity index (χ3n) is 2.56. The Kier molecular flexibility index (Phi) is 4.13. The zero-order valence-corrected chi connectivity index (χ0v) is 11.6. The summed E-state index contributed by atoms with van der Waals surface area (Å²) < 4.78 is 37.9. The number of carbonyl (C=O) groups is 1. The van der Waals surface area contributed by atoms with Crippen LogP contribution in [0.1, 0.15) is 15.9 Å². The third kappa shape index (κ3) is 3.60. The van der Waals surface area contributed by atoms with Crippen molar-refractivity contribution >= 4 is 27.5 Å². The third-order valence-corrected chi connectivity index (χ3v) is 3.05. The number of benzene rings is 2. The molecule has 2 nitrogen and oxygen atoms in total. The lowest BCUT2D eigenvalue weighted by atomic mass is 10.2. The lowest BCUT2D eigenvalue weighted by molar-refractivity contribution is -0.137. The van der Waals surface area contributed by atoms with Crippen LogP contribution in [0, 0.1) is 0 Å². The second kappa shape index (κ2) is 5.66. The number of alkyl halides is 3. The summed E-state index contributed by atoms with van der Waals surface area (Å²) in [6, 6.07) is 11.0. The molecule has 0 heterocycles. The van der Waals surface area contributed by atoms with E-state index in [1.54, 1.807) is 24.3 Å². The fourth-order valence-corrected chi connectivity index (χ4v) is 1.97. The van der Waals surface area contributed by atoms with Crippen LogP contribution in [0.2, 0.25) is 0 Å². The number of hydrogen-bond donors (Lipinski definition) is 1. The van der Waals surface area contributed by atoms with E-state index in [-0.39, 0.29) is 5.91 Å². The van der Waals surface area contributed by atoms with Crippen LogP contribution in [0.5, 0.6) is 0 Å². The van der Waals surface area contributed by atoms with Crippen molar-refractivity contribution in [2.24, 2.45) is 0 Å². The molecular weight excluding hydrogens is 335 g/mol. The van der Waals surface area contributed by atoms with Gasteiger partial charge in [-0.25, -0.2) is 0 Å². The van der Waals surface area contributed by atoms with Gasteiger partial charge in [0.2, 0.25) is 0 Å². The van der Waals surface area contributed by atoms with Gasteiger partial charge >= 0.3 is 6.18 Å². The first kappa shape index (κ1) is 14.6. The average Bonchev–Trinajstić information content (AvgIpc) is 2.38. The van der Waals surface area contributed by atoms with E-state index in [9.17, 15) is 18.0 Å². The molecule has 0 aliphatic heterocycles. The number of anilines is 1. The van der Waals surface area contributed by atoms with E-state index in [0.29, 0.717) is 11.3 Å². The van der Waals surface area contributed by atoms with Crippen molar-refractivity contribution in [1.29, 1.82) is 0 Å². The standard InChI is InChI=1S/C14H9BrF3NO/c15-11-3-1-2-9(8-11)13(20)19-12-6-4-10(5-7-12)14(16,17)18/h1-8H,(H,19,20). The van der Waals surface area contributed by atoms with Crippen LogP contribution in [0.25, 0.3) is 0 Å². The molecule has 1 amide bonds. The minimum atomic E-state index is -4.38. The Bertz CT molecular complexity index is 623. The van der Waals surface area contributed by atoms with Gasteiger partial charge in [0.15, 0.2) is 0 Å². The Labute approximate surface area is 121 Å². The van der Waals surface area contributed by atoms with E-state index in [4.69, 9.17) is 0 Å². The molecule has 2 rings (SSSR count). The summed E-state index contributed by atoms with van der Waals surface area (Å²) in [5.74, 6) is -0.383. The number of halogens is 4.